The number of imidazole rings is 1. The molecule has 292 valence electrons. The Bertz CT molecular complexity index is 2080. The molecule has 0 saturated carbocycles. The molecule has 1 fully saturated rings. The van der Waals surface area contributed by atoms with Crippen molar-refractivity contribution in [1.82, 2.24) is 35.7 Å². The third-order valence-corrected chi connectivity index (χ3v) is 10.9. The van der Waals surface area contributed by atoms with Crippen molar-refractivity contribution in [2.24, 2.45) is 11.7 Å². The highest BCUT2D eigenvalue weighted by atomic mass is 32.1. The number of rotatable bonds is 15. The minimum atomic E-state index is -1.15. The molecule has 1 saturated heterocycles. The largest absolute Gasteiger partial charge is 0.453 e. The van der Waals surface area contributed by atoms with Gasteiger partial charge in [-0.3, -0.25) is 14.4 Å². The monoisotopic (exact) mass is 768 g/mol. The van der Waals surface area contributed by atoms with Crippen molar-refractivity contribution >= 4 is 61.0 Å². The van der Waals surface area contributed by atoms with E-state index >= 15 is 0 Å². The Balaban J connectivity index is 0.00000331. The van der Waals surface area contributed by atoms with Crippen molar-refractivity contribution in [1.29, 1.82) is 0 Å². The second-order valence-corrected chi connectivity index (χ2v) is 14.2. The maximum Gasteiger partial charge on any atom is 0.407 e. The van der Waals surface area contributed by atoms with Crippen LogP contribution >= 0.6 is 11.3 Å². The number of aromatic amines is 1. The number of carbonyl (C=O) groups is 4. The van der Waals surface area contributed by atoms with Crippen LogP contribution in [0.2, 0.25) is 0 Å². The molecule has 55 heavy (non-hydrogen) atoms. The van der Waals surface area contributed by atoms with Crippen LogP contribution in [0.3, 0.4) is 0 Å². The van der Waals surface area contributed by atoms with Crippen molar-refractivity contribution in [3.8, 4) is 24.1 Å². The summed E-state index contributed by atoms with van der Waals surface area (Å²) in [4.78, 5) is 60.8. The molecule has 2 aromatic carbocycles. The Morgan fingerprint density at radius 3 is 2.47 bits per heavy atom. The number of fused-ring (bicyclic) bond motifs is 3. The van der Waals surface area contributed by atoms with Crippen molar-refractivity contribution in [3.63, 3.8) is 0 Å². The smallest absolute Gasteiger partial charge is 0.407 e. The second-order valence-electron chi connectivity index (χ2n) is 13.2. The fourth-order valence-electron chi connectivity index (χ4n) is 6.92. The van der Waals surface area contributed by atoms with E-state index in [-0.39, 0.29) is 36.7 Å². The predicted molar refractivity (Wildman–Crippen MR) is 219 cm³/mol. The molecule has 4 aromatic rings. The second kappa shape index (κ2) is 19.1. The summed E-state index contributed by atoms with van der Waals surface area (Å²) in [5.74, 6) is -0.128. The lowest BCUT2D eigenvalue weighted by Gasteiger charge is -2.37. The molecule has 0 unspecified atom stereocenters. The number of hydrogen-bond acceptors (Lipinski definition) is 9. The Kier molecular flexibility index (Phi) is 14.6. The lowest BCUT2D eigenvalue weighted by atomic mass is 9.90. The Morgan fingerprint density at radius 2 is 1.82 bits per heavy atom. The van der Waals surface area contributed by atoms with Crippen molar-refractivity contribution in [2.45, 2.75) is 59.0 Å². The first-order chi connectivity index (χ1) is 26.5. The molecule has 13 nitrogen and oxygen atoms in total. The summed E-state index contributed by atoms with van der Waals surface area (Å²) < 4.78 is 6.85. The van der Waals surface area contributed by atoms with Gasteiger partial charge in [0.05, 0.1) is 32.1 Å². The normalized spacial score (nSPS) is 16.6. The number of H-pyrrole nitrogens is 1. The minimum absolute atomic E-state index is 0.0193. The molecule has 0 spiro atoms. The molecule has 1 aliphatic heterocycles. The first kappa shape index (κ1) is 42.1. The van der Waals surface area contributed by atoms with E-state index in [1.165, 1.54) is 7.11 Å². The van der Waals surface area contributed by atoms with Crippen LogP contribution < -0.4 is 21.7 Å². The van der Waals surface area contributed by atoms with Crippen molar-refractivity contribution in [2.75, 3.05) is 39.8 Å². The molecular weight excluding hydrogens is 717 g/mol. The summed E-state index contributed by atoms with van der Waals surface area (Å²) in [6.45, 7) is 13.0. The topological polar surface area (TPSA) is 175 Å². The first-order valence-electron chi connectivity index (χ1n) is 18.4. The Morgan fingerprint density at radius 1 is 1.11 bits per heavy atom. The molecule has 3 heterocycles. The number of allylic oxidation sites excluding steroid dienone is 1. The number of alkyl carbamates (subject to hydrolysis) is 1. The zero-order valence-electron chi connectivity index (χ0n) is 32.3. The van der Waals surface area contributed by atoms with Gasteiger partial charge < -0.3 is 41.2 Å². The number of terminal acetylenes is 1. The van der Waals surface area contributed by atoms with Crippen molar-refractivity contribution < 1.29 is 23.9 Å². The molecule has 1 aliphatic rings. The molecule has 4 amide bonds. The molecule has 0 aliphatic carbocycles. The average Bonchev–Trinajstić information content (AvgIpc) is 3.93. The number of benzene rings is 2. The van der Waals surface area contributed by atoms with Gasteiger partial charge in [-0.1, -0.05) is 57.7 Å². The van der Waals surface area contributed by atoms with E-state index in [4.69, 9.17) is 10.7 Å². The SMILES string of the molecule is C#C.C=C(CN(CCC)C(=O)CNC(=O)CC)N/C(=C\C)c1ccc2c(c1)sc1cc(-c3cnc([C@]4(N)[C@H](CC)CCN4C(=O)CNC(=O)OC)[nH]3)ccc12. The summed E-state index contributed by atoms with van der Waals surface area (Å²) in [6.07, 6.45) is 13.7. The van der Waals surface area contributed by atoms with Gasteiger partial charge >= 0.3 is 6.09 Å². The van der Waals surface area contributed by atoms with Crippen LogP contribution in [0.25, 0.3) is 37.1 Å². The standard InChI is InChI=1S/C39H50N8O5S.C2H2/c1-7-16-46(35(49)21-41-34(48)10-4)23-24(5)44-30(9-3)25-11-13-28-29-14-12-26(19-33(29)53-32(28)18-25)31-20-42-37(45-31)39(40)27(8-2)15-17-47(39)36(50)22-43-38(51)52-6;1-2/h9,11-14,18-20,27,44H,5,7-8,10,15-17,21-23,40H2,1-4,6H3,(H,41,48)(H,42,45)(H,43,51);1-2H/b30-9-;/t27-,39+;/m1./s1. The lowest BCUT2D eigenvalue weighted by molar-refractivity contribution is -0.136. The summed E-state index contributed by atoms with van der Waals surface area (Å²) in [6, 6.07) is 12.7. The maximum atomic E-state index is 13.2. The van der Waals surface area contributed by atoms with Gasteiger partial charge in [-0.15, -0.1) is 24.2 Å². The average molecular weight is 769 g/mol. The van der Waals surface area contributed by atoms with Crippen molar-refractivity contribution in [3.05, 3.63) is 72.3 Å². The van der Waals surface area contributed by atoms with E-state index in [9.17, 15) is 19.2 Å². The van der Waals surface area contributed by atoms with Crippen LogP contribution in [0.5, 0.6) is 0 Å². The number of thiophene rings is 1. The van der Waals surface area contributed by atoms with Gasteiger partial charge in [-0.2, -0.15) is 0 Å². The van der Waals surface area contributed by atoms with Crippen LogP contribution in [-0.4, -0.2) is 83.4 Å². The number of amides is 4. The first-order valence-corrected chi connectivity index (χ1v) is 19.2. The molecule has 0 bridgehead atoms. The minimum Gasteiger partial charge on any atom is -0.453 e. The molecule has 0 radical (unpaired) electrons. The highest BCUT2D eigenvalue weighted by molar-refractivity contribution is 7.25. The number of nitrogens with two attached hydrogens (primary N) is 1. The molecule has 5 rings (SSSR count). The van der Waals surface area contributed by atoms with Gasteiger partial charge in [0.25, 0.3) is 0 Å². The molecule has 6 N–H and O–H groups in total. The van der Waals surface area contributed by atoms with E-state index in [2.05, 4.69) is 81.5 Å². The molecule has 2 atom stereocenters. The van der Waals surface area contributed by atoms with E-state index < -0.39 is 11.8 Å². The van der Waals surface area contributed by atoms with Crippen LogP contribution in [0.1, 0.15) is 64.8 Å². The maximum absolute atomic E-state index is 13.2. The molecule has 2 aromatic heterocycles. The quantitative estimate of drug-likeness (QED) is 0.0965. The zero-order valence-corrected chi connectivity index (χ0v) is 33.1. The van der Waals surface area contributed by atoms with Gasteiger partial charge in [-0.05, 0) is 43.9 Å². The van der Waals surface area contributed by atoms with Gasteiger partial charge in [0.15, 0.2) is 5.66 Å². The zero-order chi connectivity index (χ0) is 40.3. The van der Waals surface area contributed by atoms with E-state index in [1.54, 1.807) is 34.3 Å². The predicted octanol–water partition coefficient (Wildman–Crippen LogP) is 5.65. The van der Waals surface area contributed by atoms with Crippen LogP contribution in [0.15, 0.2) is 60.9 Å². The summed E-state index contributed by atoms with van der Waals surface area (Å²) in [7, 11) is 1.25. The van der Waals surface area contributed by atoms with Gasteiger partial charge in [0.1, 0.15) is 12.4 Å². The van der Waals surface area contributed by atoms with Crippen LogP contribution in [0, 0.1) is 18.8 Å². The number of methoxy groups -OCH3 is 1. The molecular formula is C41H52N8O5S. The highest BCUT2D eigenvalue weighted by Crippen LogP contribution is 2.41. The highest BCUT2D eigenvalue weighted by Gasteiger charge is 2.50. The number of likely N-dealkylation sites (tertiary alicyclic amines) is 1. The fourth-order valence-corrected chi connectivity index (χ4v) is 8.11. The summed E-state index contributed by atoms with van der Waals surface area (Å²) in [5.41, 5.74) is 10.2. The van der Waals surface area contributed by atoms with E-state index in [0.29, 0.717) is 37.6 Å². The Labute approximate surface area is 326 Å². The summed E-state index contributed by atoms with van der Waals surface area (Å²) >= 11 is 1.69. The van der Waals surface area contributed by atoms with Gasteiger partial charge in [0.2, 0.25) is 17.7 Å². The van der Waals surface area contributed by atoms with Gasteiger partial charge in [-0.25, -0.2) is 9.78 Å². The third-order valence-electron chi connectivity index (χ3n) is 9.77. The lowest BCUT2D eigenvalue weighted by Crippen LogP contribution is -2.57. The van der Waals surface area contributed by atoms with Crippen LogP contribution in [0.4, 0.5) is 4.79 Å². The Hall–Kier alpha value is -5.65. The third kappa shape index (κ3) is 9.36. The number of carbonyl (C=O) groups excluding carboxylic acids is 4. The molecule has 14 heteroatoms. The van der Waals surface area contributed by atoms with E-state index in [0.717, 1.165) is 62.0 Å². The number of ether oxygens (including phenoxy) is 1. The van der Waals surface area contributed by atoms with Crippen LogP contribution in [-0.2, 0) is 24.8 Å². The number of aromatic nitrogens is 2. The number of hydrogen-bond donors (Lipinski definition) is 5. The number of nitrogens with one attached hydrogen (secondary N) is 4. The van der Waals surface area contributed by atoms with Gasteiger partial charge in [0, 0.05) is 62.6 Å². The number of nitrogens with zero attached hydrogens (tertiary/aromatic N) is 3. The van der Waals surface area contributed by atoms with E-state index in [1.807, 2.05) is 26.8 Å². The summed E-state index contributed by atoms with van der Waals surface area (Å²) in [5, 5.41) is 10.8. The fraction of sp³-hybridized carbons (Fsp3) is 0.390.